The highest BCUT2D eigenvalue weighted by Gasteiger charge is 2.52. The molecule has 1 heterocycles. The monoisotopic (exact) mass is 791 g/mol. The molecule has 1 nitrogen and oxygen atoms in total. The molecule has 0 bridgehead atoms. The van der Waals surface area contributed by atoms with E-state index >= 15 is 0 Å². The van der Waals surface area contributed by atoms with Crippen LogP contribution in [0.4, 0.5) is 17.1 Å². The Morgan fingerprint density at radius 3 is 1.59 bits per heavy atom. The molecule has 0 saturated heterocycles. The van der Waals surface area contributed by atoms with Gasteiger partial charge in [-0.25, -0.2) is 0 Å². The first-order chi connectivity index (χ1) is 30.3. The van der Waals surface area contributed by atoms with E-state index in [1.54, 1.807) is 0 Å². The van der Waals surface area contributed by atoms with Gasteiger partial charge in [0.05, 0.1) is 21.5 Å². The van der Waals surface area contributed by atoms with Crippen molar-refractivity contribution in [2.75, 3.05) is 4.90 Å². The normalized spacial score (nSPS) is 13.0. The Morgan fingerprint density at radius 1 is 0.344 bits per heavy atom. The lowest BCUT2D eigenvalue weighted by Crippen LogP contribution is -2.26. The van der Waals surface area contributed by atoms with E-state index in [-0.39, 0.29) is 0 Å². The summed E-state index contributed by atoms with van der Waals surface area (Å²) in [5, 5.41) is 5.14. The van der Waals surface area contributed by atoms with Gasteiger partial charge in [-0.3, -0.25) is 0 Å². The highest BCUT2D eigenvalue weighted by molar-refractivity contribution is 7.27. The zero-order chi connectivity index (χ0) is 40.1. The van der Waals surface area contributed by atoms with Gasteiger partial charge in [0.1, 0.15) is 0 Å². The number of rotatable bonds is 5. The second-order valence-electron chi connectivity index (χ2n) is 16.3. The van der Waals surface area contributed by atoms with Gasteiger partial charge < -0.3 is 4.90 Å². The highest BCUT2D eigenvalue weighted by Crippen LogP contribution is 2.65. The summed E-state index contributed by atoms with van der Waals surface area (Å²) in [6, 6.07) is 83.4. The third-order valence-corrected chi connectivity index (χ3v) is 14.5. The molecule has 0 aliphatic heterocycles. The van der Waals surface area contributed by atoms with Crippen LogP contribution < -0.4 is 4.90 Å². The fraction of sp³-hybridized carbons (Fsp3) is 0.0169. The van der Waals surface area contributed by atoms with Gasteiger partial charge in [0.2, 0.25) is 0 Å². The summed E-state index contributed by atoms with van der Waals surface area (Å²) in [6.07, 6.45) is 0. The van der Waals surface area contributed by atoms with Crippen LogP contribution in [0.3, 0.4) is 0 Å². The lowest BCUT2D eigenvalue weighted by atomic mass is 9.70. The van der Waals surface area contributed by atoms with Crippen molar-refractivity contribution in [3.05, 3.63) is 247 Å². The molecule has 61 heavy (non-hydrogen) atoms. The fourth-order valence-electron chi connectivity index (χ4n) is 10.8. The van der Waals surface area contributed by atoms with Gasteiger partial charge in [-0.15, -0.1) is 11.3 Å². The Kier molecular flexibility index (Phi) is 7.46. The summed E-state index contributed by atoms with van der Waals surface area (Å²) in [4.78, 5) is 2.55. The molecular formula is C59H37NS. The molecule has 10 aromatic carbocycles. The van der Waals surface area contributed by atoms with Crippen molar-refractivity contribution >= 4 is 59.3 Å². The number of fused-ring (bicyclic) bond motifs is 15. The average Bonchev–Trinajstić information content (AvgIpc) is 3.98. The molecule has 1 aromatic heterocycles. The van der Waals surface area contributed by atoms with E-state index in [2.05, 4.69) is 229 Å². The van der Waals surface area contributed by atoms with Crippen molar-refractivity contribution in [2.24, 2.45) is 0 Å². The number of benzene rings is 10. The standard InChI is InChI=1S/C59H37NS/c1-3-17-38(18-4-1)39-33-35-42(36-34-39)60(54-32-15-26-47-55-43-22-8-7-21-41(43)37-48(58(55)61-57(47)54)40-19-5-2-6-20-40)53-31-16-30-52-56(53)46-25-11-14-29-51(46)59(52)49-27-12-9-23-44(49)45-24-10-13-28-50(45)59/h1-37H. The maximum absolute atomic E-state index is 2.55. The smallest absolute Gasteiger partial charge is 0.0726 e. The summed E-state index contributed by atoms with van der Waals surface area (Å²) in [5.41, 5.74) is 18.5. The molecule has 2 aliphatic rings. The molecule has 1 spiro atoms. The Morgan fingerprint density at radius 2 is 0.869 bits per heavy atom. The summed E-state index contributed by atoms with van der Waals surface area (Å²) < 4.78 is 2.59. The number of hydrogen-bond donors (Lipinski definition) is 0. The van der Waals surface area contributed by atoms with Crippen LogP contribution in [0.25, 0.3) is 75.5 Å². The summed E-state index contributed by atoms with van der Waals surface area (Å²) in [7, 11) is 0. The highest BCUT2D eigenvalue weighted by atomic mass is 32.1. The Hall–Kier alpha value is -7.52. The van der Waals surface area contributed by atoms with Crippen molar-refractivity contribution in [3.63, 3.8) is 0 Å². The Bertz CT molecular complexity index is 3480. The lowest BCUT2D eigenvalue weighted by Gasteiger charge is -2.32. The Balaban J connectivity index is 1.13. The van der Waals surface area contributed by atoms with E-state index < -0.39 is 5.41 Å². The molecule has 11 aromatic rings. The second kappa shape index (κ2) is 13.2. The van der Waals surface area contributed by atoms with Crippen LogP contribution >= 0.6 is 11.3 Å². The predicted octanol–water partition coefficient (Wildman–Crippen LogP) is 16.4. The van der Waals surface area contributed by atoms with E-state index in [0.717, 1.165) is 5.69 Å². The number of thiophene rings is 1. The minimum absolute atomic E-state index is 0.439. The van der Waals surface area contributed by atoms with Crippen LogP contribution in [0.5, 0.6) is 0 Å². The maximum Gasteiger partial charge on any atom is 0.0726 e. The van der Waals surface area contributed by atoms with Gasteiger partial charge in [0, 0.05) is 32.3 Å². The van der Waals surface area contributed by atoms with Crippen molar-refractivity contribution in [2.45, 2.75) is 5.41 Å². The lowest BCUT2D eigenvalue weighted by molar-refractivity contribution is 0.794. The molecule has 0 radical (unpaired) electrons. The minimum atomic E-state index is -0.439. The molecular weight excluding hydrogens is 755 g/mol. The topological polar surface area (TPSA) is 3.24 Å². The van der Waals surface area contributed by atoms with Gasteiger partial charge in [-0.1, -0.05) is 194 Å². The van der Waals surface area contributed by atoms with Gasteiger partial charge in [-0.2, -0.15) is 0 Å². The summed E-state index contributed by atoms with van der Waals surface area (Å²) in [5.74, 6) is 0. The van der Waals surface area contributed by atoms with Gasteiger partial charge in [0.15, 0.2) is 0 Å². The fourth-order valence-corrected chi connectivity index (χ4v) is 12.2. The first-order valence-electron chi connectivity index (χ1n) is 21.1. The van der Waals surface area contributed by atoms with Crippen molar-refractivity contribution in [1.82, 2.24) is 0 Å². The first kappa shape index (κ1) is 34.4. The van der Waals surface area contributed by atoms with Crippen LogP contribution in [0.1, 0.15) is 22.3 Å². The van der Waals surface area contributed by atoms with Gasteiger partial charge in [-0.05, 0) is 96.7 Å². The van der Waals surface area contributed by atoms with E-state index in [9.17, 15) is 0 Å². The number of hydrogen-bond acceptors (Lipinski definition) is 2. The molecule has 0 unspecified atom stereocenters. The van der Waals surface area contributed by atoms with Crippen molar-refractivity contribution in [1.29, 1.82) is 0 Å². The quantitative estimate of drug-likeness (QED) is 0.168. The van der Waals surface area contributed by atoms with Crippen LogP contribution in [-0.2, 0) is 5.41 Å². The van der Waals surface area contributed by atoms with E-state index in [0.29, 0.717) is 0 Å². The molecule has 0 fully saturated rings. The number of nitrogens with zero attached hydrogens (tertiary/aromatic N) is 1. The first-order valence-corrected chi connectivity index (χ1v) is 21.9. The SMILES string of the molecule is c1ccc(-c2ccc(N(c3cccc4c3-c3ccccc3C43c4ccccc4-c4ccccc43)c3cccc4c3sc3c(-c5ccccc5)cc5ccccc5c34)cc2)cc1. The van der Waals surface area contributed by atoms with Crippen molar-refractivity contribution < 1.29 is 0 Å². The zero-order valence-corrected chi connectivity index (χ0v) is 34.0. The van der Waals surface area contributed by atoms with E-state index in [4.69, 9.17) is 0 Å². The summed E-state index contributed by atoms with van der Waals surface area (Å²) in [6.45, 7) is 0. The molecule has 2 heteroatoms. The molecule has 0 amide bonds. The van der Waals surface area contributed by atoms with Gasteiger partial charge in [0.25, 0.3) is 0 Å². The van der Waals surface area contributed by atoms with E-state index in [1.807, 2.05) is 11.3 Å². The molecule has 284 valence electrons. The largest absolute Gasteiger partial charge is 0.308 e. The Labute approximate surface area is 359 Å². The number of anilines is 3. The van der Waals surface area contributed by atoms with Crippen LogP contribution in [0.2, 0.25) is 0 Å². The minimum Gasteiger partial charge on any atom is -0.308 e. The molecule has 0 atom stereocenters. The molecule has 2 aliphatic carbocycles. The van der Waals surface area contributed by atoms with Crippen LogP contribution in [0.15, 0.2) is 224 Å². The van der Waals surface area contributed by atoms with Gasteiger partial charge >= 0.3 is 0 Å². The summed E-state index contributed by atoms with van der Waals surface area (Å²) >= 11 is 1.92. The predicted molar refractivity (Wildman–Crippen MR) is 259 cm³/mol. The zero-order valence-electron chi connectivity index (χ0n) is 33.2. The third kappa shape index (κ3) is 4.83. The third-order valence-electron chi connectivity index (χ3n) is 13.3. The molecule has 0 N–H and O–H groups in total. The maximum atomic E-state index is 2.55. The van der Waals surface area contributed by atoms with Crippen LogP contribution in [0, 0.1) is 0 Å². The van der Waals surface area contributed by atoms with Crippen molar-refractivity contribution in [3.8, 4) is 44.5 Å². The average molecular weight is 792 g/mol. The van der Waals surface area contributed by atoms with Crippen LogP contribution in [-0.4, -0.2) is 0 Å². The molecule has 0 saturated carbocycles. The van der Waals surface area contributed by atoms with E-state index in [1.165, 1.54) is 109 Å². The molecule has 13 rings (SSSR count). The second-order valence-corrected chi connectivity index (χ2v) is 17.3.